The molecule has 0 atom stereocenters. The number of benzene rings is 2. The van der Waals surface area contributed by atoms with Gasteiger partial charge < -0.3 is 15.5 Å². The molecule has 2 N–H and O–H groups in total. The summed E-state index contributed by atoms with van der Waals surface area (Å²) in [4.78, 5) is 12.3. The van der Waals surface area contributed by atoms with Gasteiger partial charge in [0.15, 0.2) is 5.13 Å². The highest BCUT2D eigenvalue weighted by Gasteiger charge is 2.12. The van der Waals surface area contributed by atoms with Crippen LogP contribution in [0.15, 0.2) is 79.8 Å². The first-order valence-electron chi connectivity index (χ1n) is 11.5. The Balaban J connectivity index is 1.30. The molecule has 6 nitrogen and oxygen atoms in total. The number of para-hydroxylation sites is 1. The van der Waals surface area contributed by atoms with E-state index in [9.17, 15) is 4.39 Å². The van der Waals surface area contributed by atoms with Crippen LogP contribution >= 0.6 is 11.3 Å². The van der Waals surface area contributed by atoms with Gasteiger partial charge in [-0.05, 0) is 62.0 Å². The third-order valence-corrected chi connectivity index (χ3v) is 6.74. The molecule has 0 aliphatic heterocycles. The number of imidazole rings is 1. The summed E-state index contributed by atoms with van der Waals surface area (Å²) >= 11 is 1.57. The van der Waals surface area contributed by atoms with Gasteiger partial charge in [-0.25, -0.2) is 14.4 Å². The summed E-state index contributed by atoms with van der Waals surface area (Å²) in [6, 6.07) is 17.0. The molecule has 0 unspecified atom stereocenters. The third kappa shape index (κ3) is 5.00. The summed E-state index contributed by atoms with van der Waals surface area (Å²) in [6.07, 6.45) is 5.88. The number of nitrogens with one attached hydrogen (secondary N) is 2. The summed E-state index contributed by atoms with van der Waals surface area (Å²) in [7, 11) is 4.12. The van der Waals surface area contributed by atoms with E-state index in [4.69, 9.17) is 0 Å². The van der Waals surface area contributed by atoms with Gasteiger partial charge in [0, 0.05) is 30.3 Å². The van der Waals surface area contributed by atoms with Gasteiger partial charge in [-0.1, -0.05) is 48.2 Å². The van der Waals surface area contributed by atoms with Crippen LogP contribution in [-0.2, 0) is 6.54 Å². The predicted octanol–water partition coefficient (Wildman–Crippen LogP) is 6.79. The lowest BCUT2D eigenvalue weighted by Gasteiger charge is -2.13. The van der Waals surface area contributed by atoms with Gasteiger partial charge in [-0.2, -0.15) is 0 Å². The van der Waals surface area contributed by atoms with Crippen LogP contribution in [0.4, 0.5) is 20.9 Å². The van der Waals surface area contributed by atoms with Crippen molar-refractivity contribution in [1.82, 2.24) is 19.3 Å². The molecule has 0 aliphatic rings. The molecular weight excluding hydrogens is 471 g/mol. The molecule has 0 fully saturated rings. The van der Waals surface area contributed by atoms with Crippen LogP contribution in [0.25, 0.3) is 21.9 Å². The second-order valence-corrected chi connectivity index (χ2v) is 9.94. The number of thiazole rings is 1. The number of nitrogens with zero attached hydrogens (tertiary/aromatic N) is 4. The van der Waals surface area contributed by atoms with Crippen molar-refractivity contribution in [3.8, 4) is 10.6 Å². The zero-order valence-corrected chi connectivity index (χ0v) is 21.2. The predicted molar refractivity (Wildman–Crippen MR) is 147 cm³/mol. The highest BCUT2D eigenvalue weighted by Crippen LogP contribution is 2.32. The van der Waals surface area contributed by atoms with Crippen LogP contribution in [0.1, 0.15) is 16.7 Å². The van der Waals surface area contributed by atoms with Crippen LogP contribution < -0.4 is 10.6 Å². The van der Waals surface area contributed by atoms with E-state index in [0.717, 1.165) is 44.7 Å². The third-order valence-electron chi connectivity index (χ3n) is 5.81. The lowest BCUT2D eigenvalue weighted by atomic mass is 10.1. The van der Waals surface area contributed by atoms with Crippen LogP contribution in [0.3, 0.4) is 0 Å². The lowest BCUT2D eigenvalue weighted by molar-refractivity contribution is 0.402. The molecule has 3 heterocycles. The van der Waals surface area contributed by atoms with E-state index >= 15 is 0 Å². The molecule has 36 heavy (non-hydrogen) atoms. The van der Waals surface area contributed by atoms with Crippen molar-refractivity contribution in [2.75, 3.05) is 24.7 Å². The van der Waals surface area contributed by atoms with Crippen molar-refractivity contribution in [1.29, 1.82) is 0 Å². The standard InChI is InChI=1S/C28H27FN6S/c1-18-6-5-7-23(29)27(18)32-19(2)21-9-11-22(12-10-21)33-28-31-15-25(36-28)24-14-30-26-13-8-20(16-34(3)4)17-35(24)26/h5-15,17,32H,2,16H2,1,3-4H3,(H,31,33). The van der Waals surface area contributed by atoms with E-state index in [-0.39, 0.29) is 5.82 Å². The number of rotatable bonds is 8. The van der Waals surface area contributed by atoms with Crippen molar-refractivity contribution in [3.05, 3.63) is 102 Å². The first kappa shape index (κ1) is 23.7. The van der Waals surface area contributed by atoms with Crippen LogP contribution in [0, 0.1) is 12.7 Å². The first-order chi connectivity index (χ1) is 17.4. The van der Waals surface area contributed by atoms with Crippen molar-refractivity contribution >= 4 is 39.2 Å². The maximum absolute atomic E-state index is 14.2. The van der Waals surface area contributed by atoms with Gasteiger partial charge in [-0.15, -0.1) is 0 Å². The molecule has 0 radical (unpaired) electrons. The molecule has 182 valence electrons. The average Bonchev–Trinajstić information content (AvgIpc) is 3.48. The average molecular weight is 499 g/mol. The fourth-order valence-corrected chi connectivity index (χ4v) is 4.85. The Morgan fingerprint density at radius 1 is 1.06 bits per heavy atom. The van der Waals surface area contributed by atoms with Crippen LogP contribution in [0.5, 0.6) is 0 Å². The smallest absolute Gasteiger partial charge is 0.187 e. The van der Waals surface area contributed by atoms with Crippen LogP contribution in [0.2, 0.25) is 0 Å². The number of fused-ring (bicyclic) bond motifs is 1. The topological polar surface area (TPSA) is 57.5 Å². The summed E-state index contributed by atoms with van der Waals surface area (Å²) in [5, 5.41) is 7.26. The number of halogens is 1. The van der Waals surface area contributed by atoms with Gasteiger partial charge >= 0.3 is 0 Å². The Morgan fingerprint density at radius 3 is 2.61 bits per heavy atom. The molecule has 0 bridgehead atoms. The monoisotopic (exact) mass is 498 g/mol. The maximum atomic E-state index is 14.2. The minimum absolute atomic E-state index is 0.297. The summed E-state index contributed by atoms with van der Waals surface area (Å²) in [5.74, 6) is -0.297. The molecule has 0 saturated heterocycles. The molecule has 5 rings (SSSR count). The number of anilines is 3. The quantitative estimate of drug-likeness (QED) is 0.247. The van der Waals surface area contributed by atoms with Crippen LogP contribution in [-0.4, -0.2) is 33.4 Å². The molecule has 3 aromatic heterocycles. The van der Waals surface area contributed by atoms with Gasteiger partial charge in [0.2, 0.25) is 0 Å². The Hall–Kier alpha value is -4.01. The number of hydrogen-bond acceptors (Lipinski definition) is 6. The molecule has 0 spiro atoms. The highest BCUT2D eigenvalue weighted by atomic mass is 32.1. The summed E-state index contributed by atoms with van der Waals surface area (Å²) in [5.41, 5.74) is 6.82. The van der Waals surface area contributed by atoms with E-state index < -0.39 is 0 Å². The van der Waals surface area contributed by atoms with Gasteiger partial charge in [-0.3, -0.25) is 4.40 Å². The number of hydrogen-bond donors (Lipinski definition) is 2. The van der Waals surface area contributed by atoms with E-state index in [2.05, 4.69) is 62.8 Å². The zero-order chi connectivity index (χ0) is 25.2. The SMILES string of the molecule is C=C(Nc1c(C)cccc1F)c1ccc(Nc2ncc(-c3cnc4ccc(CN(C)C)cn34)s2)cc1. The van der Waals surface area contributed by atoms with Crippen molar-refractivity contribution in [2.45, 2.75) is 13.5 Å². The number of pyridine rings is 1. The number of aromatic nitrogens is 3. The Morgan fingerprint density at radius 2 is 1.86 bits per heavy atom. The molecule has 5 aromatic rings. The molecule has 8 heteroatoms. The Kier molecular flexibility index (Phi) is 6.54. The second-order valence-electron chi connectivity index (χ2n) is 8.91. The Labute approximate surface area is 213 Å². The molecular formula is C28H27FN6S. The van der Waals surface area contributed by atoms with Crippen molar-refractivity contribution < 1.29 is 4.39 Å². The van der Waals surface area contributed by atoms with Gasteiger partial charge in [0.05, 0.1) is 22.5 Å². The highest BCUT2D eigenvalue weighted by molar-refractivity contribution is 7.18. The molecule has 0 aliphatic carbocycles. The minimum Gasteiger partial charge on any atom is -0.353 e. The van der Waals surface area contributed by atoms with Crippen molar-refractivity contribution in [3.63, 3.8) is 0 Å². The minimum atomic E-state index is -0.297. The van der Waals surface area contributed by atoms with E-state index in [1.807, 2.05) is 55.7 Å². The molecule has 0 amide bonds. The fraction of sp³-hybridized carbons (Fsp3) is 0.143. The zero-order valence-electron chi connectivity index (χ0n) is 20.4. The normalized spacial score (nSPS) is 11.2. The second kappa shape index (κ2) is 9.93. The Bertz CT molecular complexity index is 1510. The summed E-state index contributed by atoms with van der Waals surface area (Å²) < 4.78 is 16.3. The fourth-order valence-electron chi connectivity index (χ4n) is 4.01. The molecule has 2 aromatic carbocycles. The number of aryl methyl sites for hydroxylation is 1. The lowest BCUT2D eigenvalue weighted by Crippen LogP contribution is -2.11. The molecule has 0 saturated carbocycles. The van der Waals surface area contributed by atoms with E-state index in [1.54, 1.807) is 17.4 Å². The van der Waals surface area contributed by atoms with Gasteiger partial charge in [0.1, 0.15) is 11.5 Å². The first-order valence-corrected chi connectivity index (χ1v) is 12.3. The maximum Gasteiger partial charge on any atom is 0.187 e. The largest absolute Gasteiger partial charge is 0.353 e. The van der Waals surface area contributed by atoms with Crippen molar-refractivity contribution in [2.24, 2.45) is 0 Å². The summed E-state index contributed by atoms with van der Waals surface area (Å²) in [6.45, 7) is 6.80. The van der Waals surface area contributed by atoms with Gasteiger partial charge in [0.25, 0.3) is 0 Å². The van der Waals surface area contributed by atoms with E-state index in [1.165, 1.54) is 11.6 Å². The van der Waals surface area contributed by atoms with E-state index in [0.29, 0.717) is 11.4 Å².